The zero-order valence-corrected chi connectivity index (χ0v) is 10.2. The highest BCUT2D eigenvalue weighted by Gasteiger charge is 2.29. The molecule has 0 radical (unpaired) electrons. The van der Waals surface area contributed by atoms with Gasteiger partial charge in [-0.05, 0) is 0 Å². The topological polar surface area (TPSA) is 120 Å². The number of nitrogens with zero attached hydrogens (tertiary/aromatic N) is 3. The molecule has 2 amide bonds. The normalized spacial score (nSPS) is 19.2. The monoisotopic (exact) mass is 269 g/mol. The number of hydrogen-bond donors (Lipinski definition) is 3. The van der Waals surface area contributed by atoms with Crippen molar-refractivity contribution in [3.05, 3.63) is 12.2 Å². The van der Waals surface area contributed by atoms with Crippen LogP contribution in [-0.4, -0.2) is 63.0 Å². The van der Waals surface area contributed by atoms with Crippen molar-refractivity contribution in [2.24, 2.45) is 0 Å². The zero-order valence-electron chi connectivity index (χ0n) is 10.2. The Kier molecular flexibility index (Phi) is 4.29. The number of amides is 2. The summed E-state index contributed by atoms with van der Waals surface area (Å²) in [5.74, 6) is -0.417. The third-order valence-electron chi connectivity index (χ3n) is 2.77. The van der Waals surface area contributed by atoms with E-state index in [9.17, 15) is 9.59 Å². The van der Waals surface area contributed by atoms with E-state index in [1.807, 2.05) is 0 Å². The number of carbonyl (C=O) groups excluding carboxylic acids is 1. The molecule has 19 heavy (non-hydrogen) atoms. The van der Waals surface area contributed by atoms with Crippen molar-refractivity contribution < 1.29 is 19.4 Å². The molecule has 1 saturated heterocycles. The van der Waals surface area contributed by atoms with Crippen LogP contribution in [0.25, 0.3) is 0 Å². The Morgan fingerprint density at radius 3 is 3.16 bits per heavy atom. The molecule has 2 rings (SSSR count). The number of carboxylic acids is 1. The number of urea groups is 1. The molecule has 1 aliphatic heterocycles. The van der Waals surface area contributed by atoms with Gasteiger partial charge in [0.2, 0.25) is 0 Å². The van der Waals surface area contributed by atoms with Crippen LogP contribution in [0.4, 0.5) is 4.79 Å². The van der Waals surface area contributed by atoms with Gasteiger partial charge >= 0.3 is 12.0 Å². The lowest BCUT2D eigenvalue weighted by atomic mass is 10.1. The fourth-order valence-corrected chi connectivity index (χ4v) is 1.87. The van der Waals surface area contributed by atoms with Gasteiger partial charge in [0.15, 0.2) is 0 Å². The summed E-state index contributed by atoms with van der Waals surface area (Å²) in [5, 5.41) is 17.8. The number of nitrogens with one attached hydrogen (secondary N) is 2. The van der Waals surface area contributed by atoms with Crippen molar-refractivity contribution in [1.29, 1.82) is 0 Å². The Hall–Kier alpha value is -2.16. The van der Waals surface area contributed by atoms with Crippen LogP contribution in [0.1, 0.15) is 12.2 Å². The standard InChI is InChI=1S/C10H15N5O4/c16-9(17)3-7-5-19-2-1-15(7)10(18)11-4-8-12-6-13-14-8/h6-7H,1-5H2,(H,11,18)(H,16,17)(H,12,13,14). The van der Waals surface area contributed by atoms with E-state index in [2.05, 4.69) is 20.5 Å². The van der Waals surface area contributed by atoms with Gasteiger partial charge in [0, 0.05) is 6.54 Å². The number of H-pyrrole nitrogens is 1. The molecule has 0 spiro atoms. The molecular formula is C10H15N5O4. The smallest absolute Gasteiger partial charge is 0.318 e. The summed E-state index contributed by atoms with van der Waals surface area (Å²) in [6.07, 6.45) is 1.22. The summed E-state index contributed by atoms with van der Waals surface area (Å²) >= 11 is 0. The lowest BCUT2D eigenvalue weighted by Crippen LogP contribution is -2.53. The zero-order chi connectivity index (χ0) is 13.7. The van der Waals surface area contributed by atoms with Crippen LogP contribution in [0.15, 0.2) is 6.33 Å². The molecule has 2 heterocycles. The number of carboxylic acid groups (broad SMARTS) is 1. The first-order chi connectivity index (χ1) is 9.16. The third kappa shape index (κ3) is 3.65. The average molecular weight is 269 g/mol. The van der Waals surface area contributed by atoms with Crippen molar-refractivity contribution in [2.75, 3.05) is 19.8 Å². The summed E-state index contributed by atoms with van der Waals surface area (Å²) in [7, 11) is 0. The molecule has 0 aliphatic carbocycles. The number of rotatable bonds is 4. The lowest BCUT2D eigenvalue weighted by molar-refractivity contribution is -0.139. The Bertz CT molecular complexity index is 435. The minimum Gasteiger partial charge on any atom is -0.481 e. The van der Waals surface area contributed by atoms with E-state index in [4.69, 9.17) is 9.84 Å². The van der Waals surface area contributed by atoms with Gasteiger partial charge < -0.3 is 20.1 Å². The second-order valence-electron chi connectivity index (χ2n) is 4.11. The van der Waals surface area contributed by atoms with Crippen LogP contribution >= 0.6 is 0 Å². The van der Waals surface area contributed by atoms with Crippen LogP contribution in [0.2, 0.25) is 0 Å². The van der Waals surface area contributed by atoms with Crippen LogP contribution in [0.5, 0.6) is 0 Å². The Morgan fingerprint density at radius 2 is 2.47 bits per heavy atom. The molecule has 104 valence electrons. The first-order valence-corrected chi connectivity index (χ1v) is 5.85. The fraction of sp³-hybridized carbons (Fsp3) is 0.600. The fourth-order valence-electron chi connectivity index (χ4n) is 1.87. The van der Waals surface area contributed by atoms with E-state index in [0.717, 1.165) is 0 Å². The SMILES string of the molecule is O=C(O)CC1COCCN1C(=O)NCc1ncn[nH]1. The summed E-state index contributed by atoms with van der Waals surface area (Å²) < 4.78 is 5.20. The third-order valence-corrected chi connectivity index (χ3v) is 2.77. The summed E-state index contributed by atoms with van der Waals surface area (Å²) in [5.41, 5.74) is 0. The highest BCUT2D eigenvalue weighted by molar-refractivity contribution is 5.76. The molecule has 0 aromatic carbocycles. The Labute approximate surface area is 109 Å². The van der Waals surface area contributed by atoms with E-state index in [-0.39, 0.29) is 25.6 Å². The Balaban J connectivity index is 1.89. The van der Waals surface area contributed by atoms with E-state index < -0.39 is 12.0 Å². The first-order valence-electron chi connectivity index (χ1n) is 5.85. The van der Waals surface area contributed by atoms with Crippen LogP contribution in [0.3, 0.4) is 0 Å². The maximum atomic E-state index is 12.0. The second kappa shape index (κ2) is 6.14. The Morgan fingerprint density at radius 1 is 1.63 bits per heavy atom. The number of aromatic amines is 1. The number of carbonyl (C=O) groups is 2. The minimum atomic E-state index is -0.955. The first kappa shape index (κ1) is 13.3. The van der Waals surface area contributed by atoms with Gasteiger partial charge in [0.25, 0.3) is 0 Å². The number of hydrogen-bond acceptors (Lipinski definition) is 5. The lowest BCUT2D eigenvalue weighted by Gasteiger charge is -2.34. The number of ether oxygens (including phenoxy) is 1. The molecule has 9 nitrogen and oxygen atoms in total. The van der Waals surface area contributed by atoms with Gasteiger partial charge in [0.05, 0.1) is 32.2 Å². The number of morpholine rings is 1. The second-order valence-corrected chi connectivity index (χ2v) is 4.11. The molecule has 1 aliphatic rings. The molecule has 0 bridgehead atoms. The molecule has 1 atom stereocenters. The highest BCUT2D eigenvalue weighted by atomic mass is 16.5. The van der Waals surface area contributed by atoms with Gasteiger partial charge in [-0.1, -0.05) is 0 Å². The minimum absolute atomic E-state index is 0.129. The summed E-state index contributed by atoms with van der Waals surface area (Å²) in [6.45, 7) is 1.24. The van der Waals surface area contributed by atoms with Crippen molar-refractivity contribution in [2.45, 2.75) is 19.0 Å². The van der Waals surface area contributed by atoms with Crippen molar-refractivity contribution in [3.8, 4) is 0 Å². The maximum absolute atomic E-state index is 12.0. The van der Waals surface area contributed by atoms with E-state index in [0.29, 0.717) is 19.0 Å². The van der Waals surface area contributed by atoms with Crippen molar-refractivity contribution in [3.63, 3.8) is 0 Å². The molecule has 1 aromatic rings. The predicted molar refractivity (Wildman–Crippen MR) is 62.2 cm³/mol. The van der Waals surface area contributed by atoms with Gasteiger partial charge in [0.1, 0.15) is 12.2 Å². The van der Waals surface area contributed by atoms with E-state index in [1.54, 1.807) is 0 Å². The van der Waals surface area contributed by atoms with Crippen LogP contribution < -0.4 is 5.32 Å². The molecule has 9 heteroatoms. The summed E-state index contributed by atoms with van der Waals surface area (Å²) in [6, 6.07) is -0.771. The van der Waals surface area contributed by atoms with Gasteiger partial charge in [-0.15, -0.1) is 0 Å². The molecule has 1 fully saturated rings. The van der Waals surface area contributed by atoms with Gasteiger partial charge in [-0.25, -0.2) is 9.78 Å². The highest BCUT2D eigenvalue weighted by Crippen LogP contribution is 2.11. The summed E-state index contributed by atoms with van der Waals surface area (Å²) in [4.78, 5) is 28.1. The van der Waals surface area contributed by atoms with Crippen molar-refractivity contribution in [1.82, 2.24) is 25.4 Å². The van der Waals surface area contributed by atoms with Gasteiger partial charge in [-0.2, -0.15) is 5.10 Å². The molecule has 1 aromatic heterocycles. The molecule has 0 saturated carbocycles. The number of aliphatic carboxylic acids is 1. The quantitative estimate of drug-likeness (QED) is 0.657. The van der Waals surface area contributed by atoms with E-state index >= 15 is 0 Å². The number of aromatic nitrogens is 3. The van der Waals surface area contributed by atoms with Gasteiger partial charge in [-0.3, -0.25) is 9.89 Å². The van der Waals surface area contributed by atoms with Crippen LogP contribution in [-0.2, 0) is 16.1 Å². The molecular weight excluding hydrogens is 254 g/mol. The molecule has 3 N–H and O–H groups in total. The maximum Gasteiger partial charge on any atom is 0.318 e. The van der Waals surface area contributed by atoms with E-state index in [1.165, 1.54) is 11.2 Å². The van der Waals surface area contributed by atoms with Crippen molar-refractivity contribution >= 4 is 12.0 Å². The largest absolute Gasteiger partial charge is 0.481 e. The van der Waals surface area contributed by atoms with Crippen LogP contribution in [0, 0.1) is 0 Å². The molecule has 1 unspecified atom stereocenters. The average Bonchev–Trinajstić information content (AvgIpc) is 2.89. The predicted octanol–water partition coefficient (Wildman–Crippen LogP) is -0.810.